The lowest BCUT2D eigenvalue weighted by Crippen LogP contribution is -2.01. The Morgan fingerprint density at radius 1 is 1.10 bits per heavy atom. The summed E-state index contributed by atoms with van der Waals surface area (Å²) in [7, 11) is 0. The molecular formula is C18H30O2. The number of hydrogen-bond acceptors (Lipinski definition) is 2. The van der Waals surface area contributed by atoms with Gasteiger partial charge in [-0.1, -0.05) is 30.2 Å². The van der Waals surface area contributed by atoms with Gasteiger partial charge in [0.05, 0.1) is 6.61 Å². The lowest BCUT2D eigenvalue weighted by Gasteiger charge is -2.08. The zero-order chi connectivity index (χ0) is 15.5. The first-order valence-electron chi connectivity index (χ1n) is 7.52. The Kier molecular flexibility index (Phi) is 9.79. The molecule has 0 aromatic rings. The van der Waals surface area contributed by atoms with Crippen molar-refractivity contribution in [3.05, 3.63) is 34.9 Å². The van der Waals surface area contributed by atoms with Crippen LogP contribution in [0.25, 0.3) is 0 Å². The third-order valence-corrected chi connectivity index (χ3v) is 3.28. The van der Waals surface area contributed by atoms with E-state index in [0.717, 1.165) is 24.0 Å². The van der Waals surface area contributed by atoms with Crippen LogP contribution >= 0.6 is 0 Å². The molecule has 0 amide bonds. The third-order valence-electron chi connectivity index (χ3n) is 3.28. The van der Waals surface area contributed by atoms with Crippen molar-refractivity contribution in [1.29, 1.82) is 0 Å². The molecule has 0 heterocycles. The van der Waals surface area contributed by atoms with Crippen LogP contribution in [0.3, 0.4) is 0 Å². The minimum absolute atomic E-state index is 0.255. The lowest BCUT2D eigenvalue weighted by atomic mass is 9.98. The molecule has 0 spiro atoms. The summed E-state index contributed by atoms with van der Waals surface area (Å²) >= 11 is 0. The van der Waals surface area contributed by atoms with Crippen molar-refractivity contribution in [3.8, 4) is 0 Å². The average molecular weight is 278 g/mol. The quantitative estimate of drug-likeness (QED) is 0.263. The van der Waals surface area contributed by atoms with E-state index in [2.05, 4.69) is 32.9 Å². The zero-order valence-electron chi connectivity index (χ0n) is 14.0. The Balaban J connectivity index is 4.30. The van der Waals surface area contributed by atoms with Gasteiger partial charge in [-0.3, -0.25) is 0 Å². The summed E-state index contributed by atoms with van der Waals surface area (Å²) < 4.78 is 4.91. The molecule has 0 aliphatic carbocycles. The summed E-state index contributed by atoms with van der Waals surface area (Å²) in [6.45, 7) is 12.8. The highest BCUT2D eigenvalue weighted by Crippen LogP contribution is 2.16. The van der Waals surface area contributed by atoms with Crippen LogP contribution in [0.5, 0.6) is 0 Å². The van der Waals surface area contributed by atoms with Gasteiger partial charge in [-0.15, -0.1) is 0 Å². The van der Waals surface area contributed by atoms with Crippen molar-refractivity contribution in [2.45, 2.75) is 60.8 Å². The minimum atomic E-state index is -0.255. The van der Waals surface area contributed by atoms with Gasteiger partial charge >= 0.3 is 5.97 Å². The maximum absolute atomic E-state index is 11.4. The first-order chi connectivity index (χ1) is 9.36. The average Bonchev–Trinajstić information content (AvgIpc) is 2.35. The zero-order valence-corrected chi connectivity index (χ0v) is 14.0. The monoisotopic (exact) mass is 278 g/mol. The fraction of sp³-hybridized carbons (Fsp3) is 0.611. The number of esters is 1. The largest absolute Gasteiger partial charge is 0.463 e. The van der Waals surface area contributed by atoms with Gasteiger partial charge in [0.25, 0.3) is 0 Å². The van der Waals surface area contributed by atoms with Gasteiger partial charge < -0.3 is 4.74 Å². The van der Waals surface area contributed by atoms with E-state index in [9.17, 15) is 4.79 Å². The second-order valence-electron chi connectivity index (χ2n) is 5.67. The van der Waals surface area contributed by atoms with Crippen LogP contribution in [0.15, 0.2) is 34.9 Å². The number of carbonyl (C=O) groups excluding carboxylic acids is 1. The molecule has 2 heteroatoms. The highest BCUT2D eigenvalue weighted by Gasteiger charge is 2.02. The number of hydrogen-bond donors (Lipinski definition) is 0. The van der Waals surface area contributed by atoms with Gasteiger partial charge in [0.1, 0.15) is 0 Å². The van der Waals surface area contributed by atoms with Gasteiger partial charge in [-0.05, 0) is 65.4 Å². The molecule has 0 saturated carbocycles. The van der Waals surface area contributed by atoms with Crippen LogP contribution in [0.1, 0.15) is 60.8 Å². The highest BCUT2D eigenvalue weighted by atomic mass is 16.5. The summed E-state index contributed by atoms with van der Waals surface area (Å²) in [5.74, 6) is 0.408. The van der Waals surface area contributed by atoms with E-state index in [1.165, 1.54) is 12.0 Å². The molecule has 0 fully saturated rings. The van der Waals surface area contributed by atoms with E-state index in [1.54, 1.807) is 6.08 Å². The van der Waals surface area contributed by atoms with Crippen LogP contribution in [0, 0.1) is 5.92 Å². The summed E-state index contributed by atoms with van der Waals surface area (Å²) in [5, 5.41) is 0. The molecule has 0 rings (SSSR count). The van der Waals surface area contributed by atoms with E-state index in [1.807, 2.05) is 20.8 Å². The fourth-order valence-corrected chi connectivity index (χ4v) is 1.79. The molecule has 0 aromatic carbocycles. The Morgan fingerprint density at radius 2 is 1.75 bits per heavy atom. The van der Waals surface area contributed by atoms with E-state index < -0.39 is 0 Å². The molecule has 20 heavy (non-hydrogen) atoms. The van der Waals surface area contributed by atoms with Gasteiger partial charge in [0.2, 0.25) is 0 Å². The number of ether oxygens (including phenoxy) is 1. The molecule has 2 nitrogen and oxygen atoms in total. The molecule has 1 unspecified atom stereocenters. The molecular weight excluding hydrogens is 248 g/mol. The SMILES string of the molecule is CCOC(=O)C=C(C)C(C)=CCC(C)CCC=C(C)C. The van der Waals surface area contributed by atoms with Crippen LogP contribution < -0.4 is 0 Å². The molecule has 0 saturated heterocycles. The highest BCUT2D eigenvalue weighted by molar-refractivity contribution is 5.83. The maximum atomic E-state index is 11.4. The molecule has 0 bridgehead atoms. The molecule has 0 radical (unpaired) electrons. The third kappa shape index (κ3) is 9.60. The predicted molar refractivity (Wildman–Crippen MR) is 86.6 cm³/mol. The lowest BCUT2D eigenvalue weighted by molar-refractivity contribution is -0.137. The summed E-state index contributed by atoms with van der Waals surface area (Å²) in [6.07, 6.45) is 9.49. The summed E-state index contributed by atoms with van der Waals surface area (Å²) in [4.78, 5) is 11.4. The second kappa shape index (κ2) is 10.5. The van der Waals surface area contributed by atoms with Crippen molar-refractivity contribution in [1.82, 2.24) is 0 Å². The van der Waals surface area contributed by atoms with Crippen molar-refractivity contribution < 1.29 is 9.53 Å². The number of carbonyl (C=O) groups is 1. The van der Waals surface area contributed by atoms with Gasteiger partial charge in [-0.25, -0.2) is 4.79 Å². The second-order valence-corrected chi connectivity index (χ2v) is 5.67. The number of rotatable bonds is 8. The Labute approximate surface area is 124 Å². The van der Waals surface area contributed by atoms with Gasteiger partial charge in [0, 0.05) is 6.08 Å². The molecule has 0 aromatic heterocycles. The Hall–Kier alpha value is -1.31. The Bertz CT molecular complexity index is 382. The van der Waals surface area contributed by atoms with Gasteiger partial charge in [0.15, 0.2) is 0 Å². The van der Waals surface area contributed by atoms with Crippen molar-refractivity contribution >= 4 is 5.97 Å². The van der Waals surface area contributed by atoms with E-state index in [-0.39, 0.29) is 5.97 Å². The molecule has 0 N–H and O–H groups in total. The van der Waals surface area contributed by atoms with Crippen LogP contribution in [0.4, 0.5) is 0 Å². The molecule has 114 valence electrons. The van der Waals surface area contributed by atoms with Crippen LogP contribution in [-0.4, -0.2) is 12.6 Å². The molecule has 0 aliphatic rings. The van der Waals surface area contributed by atoms with E-state index in [0.29, 0.717) is 12.5 Å². The fourth-order valence-electron chi connectivity index (χ4n) is 1.79. The van der Waals surface area contributed by atoms with Crippen LogP contribution in [-0.2, 0) is 9.53 Å². The normalized spacial score (nSPS) is 13.9. The maximum Gasteiger partial charge on any atom is 0.331 e. The van der Waals surface area contributed by atoms with Gasteiger partial charge in [-0.2, -0.15) is 0 Å². The van der Waals surface area contributed by atoms with Crippen molar-refractivity contribution in [2.75, 3.05) is 6.61 Å². The van der Waals surface area contributed by atoms with E-state index in [4.69, 9.17) is 4.74 Å². The van der Waals surface area contributed by atoms with E-state index >= 15 is 0 Å². The minimum Gasteiger partial charge on any atom is -0.463 e. The van der Waals surface area contributed by atoms with Crippen molar-refractivity contribution in [3.63, 3.8) is 0 Å². The number of allylic oxidation sites excluding steroid dienone is 5. The first kappa shape index (κ1) is 18.7. The predicted octanol–water partition coefficient (Wildman–Crippen LogP) is 5.21. The first-order valence-corrected chi connectivity index (χ1v) is 7.52. The van der Waals surface area contributed by atoms with Crippen LogP contribution in [0.2, 0.25) is 0 Å². The summed E-state index contributed by atoms with van der Waals surface area (Å²) in [5.41, 5.74) is 3.53. The molecule has 1 atom stereocenters. The smallest absolute Gasteiger partial charge is 0.331 e. The summed E-state index contributed by atoms with van der Waals surface area (Å²) in [6, 6.07) is 0. The standard InChI is InChI=1S/C18H30O2/c1-7-20-18(19)13-17(6)16(5)12-11-15(4)10-8-9-14(2)3/h9,12-13,15H,7-8,10-11H2,1-6H3. The topological polar surface area (TPSA) is 26.3 Å². The Morgan fingerprint density at radius 3 is 2.30 bits per heavy atom. The molecule has 0 aliphatic heterocycles. The van der Waals surface area contributed by atoms with Crippen molar-refractivity contribution in [2.24, 2.45) is 5.92 Å².